The van der Waals surface area contributed by atoms with Gasteiger partial charge >= 0.3 is 0 Å². The highest BCUT2D eigenvalue weighted by Crippen LogP contribution is 2.25. The highest BCUT2D eigenvalue weighted by molar-refractivity contribution is 7.98. The van der Waals surface area contributed by atoms with Gasteiger partial charge in [-0.2, -0.15) is 11.8 Å². The molecule has 1 amide bonds. The van der Waals surface area contributed by atoms with Gasteiger partial charge in [0.25, 0.3) is 0 Å². The Bertz CT molecular complexity index is 215. The van der Waals surface area contributed by atoms with Crippen LogP contribution in [-0.2, 0) is 4.79 Å². The molecule has 1 heterocycles. The van der Waals surface area contributed by atoms with Crippen LogP contribution in [0, 0.1) is 5.41 Å². The molecule has 0 saturated carbocycles. The number of amides is 1. The number of rotatable bonds is 6. The van der Waals surface area contributed by atoms with Crippen LogP contribution in [0.25, 0.3) is 0 Å². The minimum absolute atomic E-state index is 0.183. The Morgan fingerprint density at radius 3 is 2.94 bits per heavy atom. The predicted molar refractivity (Wildman–Crippen MR) is 70.8 cm³/mol. The molecule has 3 nitrogen and oxygen atoms in total. The third kappa shape index (κ3) is 4.34. The van der Waals surface area contributed by atoms with Gasteiger partial charge in [-0.25, -0.2) is 0 Å². The van der Waals surface area contributed by atoms with E-state index in [1.54, 1.807) is 0 Å². The second-order valence-electron chi connectivity index (χ2n) is 4.80. The molecule has 0 aliphatic carbocycles. The van der Waals surface area contributed by atoms with Gasteiger partial charge in [0.05, 0.1) is 5.41 Å². The minimum Gasteiger partial charge on any atom is -0.356 e. The number of hydrogen-bond acceptors (Lipinski definition) is 3. The molecule has 0 aromatic carbocycles. The molecule has 0 bridgehead atoms. The molecule has 1 aliphatic heterocycles. The molecule has 16 heavy (non-hydrogen) atoms. The summed E-state index contributed by atoms with van der Waals surface area (Å²) in [6.07, 6.45) is 6.52. The van der Waals surface area contributed by atoms with E-state index in [0.29, 0.717) is 0 Å². The van der Waals surface area contributed by atoms with Crippen molar-refractivity contribution in [1.29, 1.82) is 0 Å². The first kappa shape index (κ1) is 13.8. The van der Waals surface area contributed by atoms with Crippen LogP contribution in [0.1, 0.15) is 32.6 Å². The first-order valence-electron chi connectivity index (χ1n) is 6.17. The Balaban J connectivity index is 2.18. The van der Waals surface area contributed by atoms with Gasteiger partial charge in [0.15, 0.2) is 0 Å². The van der Waals surface area contributed by atoms with Crippen LogP contribution in [-0.4, -0.2) is 37.6 Å². The average Bonchev–Trinajstić information content (AvgIpc) is 2.29. The third-order valence-electron chi connectivity index (χ3n) is 3.21. The molecule has 4 heteroatoms. The van der Waals surface area contributed by atoms with E-state index in [-0.39, 0.29) is 11.3 Å². The van der Waals surface area contributed by atoms with E-state index >= 15 is 0 Å². The summed E-state index contributed by atoms with van der Waals surface area (Å²) >= 11 is 1.87. The summed E-state index contributed by atoms with van der Waals surface area (Å²) < 4.78 is 0. The number of piperidine rings is 1. The summed E-state index contributed by atoms with van der Waals surface area (Å²) in [6, 6.07) is 0. The molecule has 1 saturated heterocycles. The van der Waals surface area contributed by atoms with Crippen molar-refractivity contribution in [3.8, 4) is 0 Å². The Morgan fingerprint density at radius 1 is 1.50 bits per heavy atom. The van der Waals surface area contributed by atoms with Crippen molar-refractivity contribution in [2.24, 2.45) is 5.41 Å². The summed E-state index contributed by atoms with van der Waals surface area (Å²) in [5, 5.41) is 6.37. The van der Waals surface area contributed by atoms with Gasteiger partial charge in [-0.3, -0.25) is 4.79 Å². The van der Waals surface area contributed by atoms with Crippen molar-refractivity contribution in [1.82, 2.24) is 10.6 Å². The number of hydrogen-bond donors (Lipinski definition) is 2. The largest absolute Gasteiger partial charge is 0.356 e. The predicted octanol–water partition coefficient (Wildman–Crippen LogP) is 1.64. The smallest absolute Gasteiger partial charge is 0.227 e. The lowest BCUT2D eigenvalue weighted by Crippen LogP contribution is -2.48. The van der Waals surface area contributed by atoms with E-state index in [4.69, 9.17) is 0 Å². The monoisotopic (exact) mass is 244 g/mol. The van der Waals surface area contributed by atoms with Gasteiger partial charge in [0, 0.05) is 13.1 Å². The molecular formula is C12H24N2OS. The van der Waals surface area contributed by atoms with Crippen molar-refractivity contribution in [2.45, 2.75) is 32.6 Å². The van der Waals surface area contributed by atoms with Crippen LogP contribution in [0.5, 0.6) is 0 Å². The summed E-state index contributed by atoms with van der Waals surface area (Å²) in [6.45, 7) is 4.77. The van der Waals surface area contributed by atoms with Crippen molar-refractivity contribution in [2.75, 3.05) is 31.6 Å². The van der Waals surface area contributed by atoms with Gasteiger partial charge in [-0.15, -0.1) is 0 Å². The zero-order valence-electron chi connectivity index (χ0n) is 10.5. The second kappa shape index (κ2) is 7.17. The number of nitrogens with one attached hydrogen (secondary N) is 2. The first-order chi connectivity index (χ1) is 7.69. The van der Waals surface area contributed by atoms with Crippen LogP contribution < -0.4 is 10.6 Å². The lowest BCUT2D eigenvalue weighted by molar-refractivity contribution is -0.131. The summed E-state index contributed by atoms with van der Waals surface area (Å²) in [4.78, 5) is 12.0. The highest BCUT2D eigenvalue weighted by atomic mass is 32.2. The van der Waals surface area contributed by atoms with Crippen LogP contribution >= 0.6 is 11.8 Å². The maximum absolute atomic E-state index is 12.0. The molecule has 1 fully saturated rings. The fourth-order valence-corrected chi connectivity index (χ4v) is 2.53. The molecule has 0 aromatic heterocycles. The number of thioether (sulfide) groups is 1. The van der Waals surface area contributed by atoms with Crippen molar-refractivity contribution in [3.63, 3.8) is 0 Å². The Labute approximate surface area is 103 Å². The second-order valence-corrected chi connectivity index (χ2v) is 5.78. The van der Waals surface area contributed by atoms with Crippen molar-refractivity contribution < 1.29 is 4.79 Å². The Hall–Kier alpha value is -0.220. The first-order valence-corrected chi connectivity index (χ1v) is 7.56. The summed E-state index contributed by atoms with van der Waals surface area (Å²) in [7, 11) is 0. The summed E-state index contributed by atoms with van der Waals surface area (Å²) in [5.74, 6) is 1.41. The standard InChI is InChI=1S/C12H24N2OS/c1-12(6-5-7-13-10-12)11(15)14-8-3-4-9-16-2/h13H,3-10H2,1-2H3,(H,14,15). The van der Waals surface area contributed by atoms with Crippen LogP contribution in [0.4, 0.5) is 0 Å². The van der Waals surface area contributed by atoms with Gasteiger partial charge in [-0.1, -0.05) is 0 Å². The van der Waals surface area contributed by atoms with E-state index in [9.17, 15) is 4.79 Å². The highest BCUT2D eigenvalue weighted by Gasteiger charge is 2.33. The van der Waals surface area contributed by atoms with Gasteiger partial charge < -0.3 is 10.6 Å². The SMILES string of the molecule is CSCCCCNC(=O)C1(C)CCCNC1. The zero-order valence-corrected chi connectivity index (χ0v) is 11.3. The lowest BCUT2D eigenvalue weighted by Gasteiger charge is -2.32. The van der Waals surface area contributed by atoms with E-state index in [0.717, 1.165) is 38.9 Å². The average molecular weight is 244 g/mol. The van der Waals surface area contributed by atoms with E-state index in [1.807, 2.05) is 11.8 Å². The Morgan fingerprint density at radius 2 is 2.31 bits per heavy atom. The molecule has 0 aromatic rings. The van der Waals surface area contributed by atoms with Crippen LogP contribution in [0.2, 0.25) is 0 Å². The molecule has 0 spiro atoms. The lowest BCUT2D eigenvalue weighted by atomic mass is 9.82. The van der Waals surface area contributed by atoms with Crippen molar-refractivity contribution >= 4 is 17.7 Å². The molecule has 1 rings (SSSR count). The fourth-order valence-electron chi connectivity index (χ4n) is 2.04. The molecule has 1 aliphatic rings. The Kier molecular flexibility index (Phi) is 6.21. The third-order valence-corrected chi connectivity index (χ3v) is 3.90. The molecular weight excluding hydrogens is 220 g/mol. The number of unbranched alkanes of at least 4 members (excludes halogenated alkanes) is 1. The van der Waals surface area contributed by atoms with E-state index < -0.39 is 0 Å². The zero-order chi connectivity index (χ0) is 11.9. The topological polar surface area (TPSA) is 41.1 Å². The maximum Gasteiger partial charge on any atom is 0.227 e. The van der Waals surface area contributed by atoms with Crippen molar-refractivity contribution in [3.05, 3.63) is 0 Å². The molecule has 0 radical (unpaired) electrons. The normalized spacial score (nSPS) is 25.4. The number of carbonyl (C=O) groups is 1. The van der Waals surface area contributed by atoms with Gasteiger partial charge in [-0.05, 0) is 51.2 Å². The molecule has 2 N–H and O–H groups in total. The van der Waals surface area contributed by atoms with Crippen LogP contribution in [0.15, 0.2) is 0 Å². The van der Waals surface area contributed by atoms with E-state index in [1.165, 1.54) is 12.2 Å². The van der Waals surface area contributed by atoms with Crippen LogP contribution in [0.3, 0.4) is 0 Å². The quantitative estimate of drug-likeness (QED) is 0.698. The molecule has 94 valence electrons. The maximum atomic E-state index is 12.0. The molecule has 1 unspecified atom stereocenters. The number of carbonyl (C=O) groups excluding carboxylic acids is 1. The molecule has 1 atom stereocenters. The van der Waals surface area contributed by atoms with E-state index in [2.05, 4.69) is 23.8 Å². The van der Waals surface area contributed by atoms with Gasteiger partial charge in [0.1, 0.15) is 0 Å². The summed E-state index contributed by atoms with van der Waals surface area (Å²) in [5.41, 5.74) is -0.183. The fraction of sp³-hybridized carbons (Fsp3) is 0.917. The minimum atomic E-state index is -0.183. The van der Waals surface area contributed by atoms with Gasteiger partial charge in [0.2, 0.25) is 5.91 Å².